The molecule has 0 spiro atoms. The van der Waals surface area contributed by atoms with Crippen molar-refractivity contribution in [3.63, 3.8) is 0 Å². The minimum absolute atomic E-state index is 0.778. The van der Waals surface area contributed by atoms with Gasteiger partial charge in [0.05, 0.1) is 38.1 Å². The van der Waals surface area contributed by atoms with Gasteiger partial charge in [0.25, 0.3) is 5.79 Å². The summed E-state index contributed by atoms with van der Waals surface area (Å²) >= 11 is 0. The molecule has 0 aromatic carbocycles. The monoisotopic (exact) mass is 925 g/mol. The second-order valence-corrected chi connectivity index (χ2v) is 16.1. The molecule has 0 bridgehead atoms. The number of carboxylic acids is 1. The van der Waals surface area contributed by atoms with E-state index in [2.05, 4.69) is 5.32 Å². The zero-order valence-corrected chi connectivity index (χ0v) is 33.9. The molecule has 0 aliphatic carbocycles. The summed E-state index contributed by atoms with van der Waals surface area (Å²) in [4.78, 5) is 25.5. The quantitative estimate of drug-likeness (QED) is 0.0725. The fourth-order valence-electron chi connectivity index (χ4n) is 7.97. The molecule has 1 amide bonds. The summed E-state index contributed by atoms with van der Waals surface area (Å²) in [6.45, 7) is 0.329. The van der Waals surface area contributed by atoms with Crippen LogP contribution in [-0.4, -0.2) is 272 Å². The van der Waals surface area contributed by atoms with Gasteiger partial charge in [-0.05, 0) is 13.8 Å². The highest BCUT2D eigenvalue weighted by Crippen LogP contribution is 2.42. The molecule has 0 aromatic heterocycles. The maximum atomic E-state index is 13.5. The van der Waals surface area contributed by atoms with Crippen molar-refractivity contribution in [3.8, 4) is 0 Å². The predicted octanol–water partition coefficient (Wildman–Crippen LogP) is -10.5. The standard InChI is InChI=1S/C35H59NO27/c1-8-16(42)21(47)23(49)31(55-8)58-12-4-35(34(53)54,63-29(18(44)11(41)5-37)26(12)60-32-24(50)22(48)17(43)9(2)56-32)62-28-20(46)14(7-39)59-33(25(28)51)61-27-15(36-10(3)40)30(52)57-13(6-38)19(27)45/h8-9,11-33,37-39,41-52H,4-7H2,1-3H3,(H,36,40)(H,53,54)/t8-,9-,11+,12-,13+,14+,15+,16+,17+,18+,19-,20-,21+,22+,23-,24-,25+,26+,27+,28-,29-,30-,31-,32-,33-,35+/m0/s1. The van der Waals surface area contributed by atoms with E-state index in [1.54, 1.807) is 0 Å². The van der Waals surface area contributed by atoms with Gasteiger partial charge in [0, 0.05) is 13.3 Å². The lowest BCUT2D eigenvalue weighted by molar-refractivity contribution is -0.407. The molecule has 5 aliphatic rings. The number of rotatable bonds is 15. The Labute approximate surface area is 357 Å². The number of nitrogens with one attached hydrogen (secondary N) is 1. The van der Waals surface area contributed by atoms with Gasteiger partial charge >= 0.3 is 5.97 Å². The Morgan fingerprint density at radius 2 is 1.14 bits per heavy atom. The minimum atomic E-state index is -3.34. The van der Waals surface area contributed by atoms with E-state index < -0.39 is 197 Å². The maximum absolute atomic E-state index is 13.5. The Kier molecular flexibility index (Phi) is 17.6. The third-order valence-corrected chi connectivity index (χ3v) is 11.6. The van der Waals surface area contributed by atoms with E-state index in [4.69, 9.17) is 42.6 Å². The largest absolute Gasteiger partial charge is 0.477 e. The zero-order chi connectivity index (χ0) is 47.0. The highest BCUT2D eigenvalue weighted by Gasteiger charge is 2.62. The van der Waals surface area contributed by atoms with Crippen LogP contribution in [0.1, 0.15) is 27.2 Å². The van der Waals surface area contributed by atoms with Gasteiger partial charge < -0.3 is 130 Å². The van der Waals surface area contributed by atoms with E-state index in [0.717, 1.165) is 6.92 Å². The number of aliphatic hydroxyl groups excluding tert-OH is 15. The third kappa shape index (κ3) is 10.7. The summed E-state index contributed by atoms with van der Waals surface area (Å²) in [5.41, 5.74) is 0. The molecule has 5 fully saturated rings. The summed E-state index contributed by atoms with van der Waals surface area (Å²) in [7, 11) is 0. The van der Waals surface area contributed by atoms with E-state index >= 15 is 0 Å². The van der Waals surface area contributed by atoms with Gasteiger partial charge in [0.15, 0.2) is 25.2 Å². The smallest absolute Gasteiger partial charge is 0.364 e. The van der Waals surface area contributed by atoms with Crippen molar-refractivity contribution >= 4 is 11.9 Å². The zero-order valence-electron chi connectivity index (χ0n) is 33.9. The van der Waals surface area contributed by atoms with Gasteiger partial charge in [-0.2, -0.15) is 0 Å². The summed E-state index contributed by atoms with van der Waals surface area (Å²) in [6, 6.07) is -1.63. The molecular formula is C35H59NO27. The van der Waals surface area contributed by atoms with Crippen LogP contribution in [0.25, 0.3) is 0 Å². The minimum Gasteiger partial charge on any atom is -0.477 e. The fraction of sp³-hybridized carbons (Fsp3) is 0.943. The summed E-state index contributed by atoms with van der Waals surface area (Å²) in [6.07, 6.45) is -48.4. The van der Waals surface area contributed by atoms with Crippen LogP contribution in [0.4, 0.5) is 0 Å². The number of carbonyl (C=O) groups excluding carboxylic acids is 1. The second-order valence-electron chi connectivity index (χ2n) is 16.1. The Balaban J connectivity index is 1.57. The van der Waals surface area contributed by atoms with Crippen molar-refractivity contribution in [2.45, 2.75) is 186 Å². The van der Waals surface area contributed by atoms with E-state index in [1.165, 1.54) is 13.8 Å². The van der Waals surface area contributed by atoms with Crippen LogP contribution in [0.2, 0.25) is 0 Å². The lowest BCUT2D eigenvalue weighted by Gasteiger charge is -2.52. The Hall–Kier alpha value is -2.02. The maximum Gasteiger partial charge on any atom is 0.364 e. The number of carbonyl (C=O) groups is 2. The van der Waals surface area contributed by atoms with Crippen molar-refractivity contribution in [2.75, 3.05) is 19.8 Å². The molecule has 5 heterocycles. The van der Waals surface area contributed by atoms with Gasteiger partial charge in [-0.3, -0.25) is 4.79 Å². The van der Waals surface area contributed by atoms with Crippen LogP contribution in [0.15, 0.2) is 0 Å². The molecule has 0 aromatic rings. The van der Waals surface area contributed by atoms with Gasteiger partial charge in [-0.1, -0.05) is 0 Å². The molecule has 0 unspecified atom stereocenters. The number of ether oxygens (including phenoxy) is 9. The average Bonchev–Trinajstić information content (AvgIpc) is 3.24. The summed E-state index contributed by atoms with van der Waals surface area (Å²) in [5.74, 6) is -6.25. The molecule has 5 aliphatic heterocycles. The molecule has 0 radical (unpaired) electrons. The Morgan fingerprint density at radius 1 is 0.651 bits per heavy atom. The van der Waals surface area contributed by atoms with Gasteiger partial charge in [-0.15, -0.1) is 0 Å². The summed E-state index contributed by atoms with van der Waals surface area (Å²) in [5, 5.41) is 173. The Bertz CT molecular complexity index is 1500. The van der Waals surface area contributed by atoms with Crippen LogP contribution in [0.3, 0.4) is 0 Å². The van der Waals surface area contributed by atoms with Crippen LogP contribution in [0, 0.1) is 0 Å². The molecule has 26 atom stereocenters. The van der Waals surface area contributed by atoms with Crippen LogP contribution >= 0.6 is 0 Å². The Morgan fingerprint density at radius 3 is 1.65 bits per heavy atom. The number of amides is 1. The number of aliphatic carboxylic acids is 1. The van der Waals surface area contributed by atoms with E-state index in [9.17, 15) is 91.3 Å². The van der Waals surface area contributed by atoms with Crippen molar-refractivity contribution in [1.82, 2.24) is 5.32 Å². The van der Waals surface area contributed by atoms with Gasteiger partial charge in [-0.25, -0.2) is 4.79 Å². The number of aliphatic hydroxyl groups is 15. The first-order chi connectivity index (χ1) is 29.5. The highest BCUT2D eigenvalue weighted by molar-refractivity contribution is 5.76. The van der Waals surface area contributed by atoms with Gasteiger partial charge in [0.1, 0.15) is 110 Å². The van der Waals surface area contributed by atoms with Crippen molar-refractivity contribution < 1.29 is 134 Å². The van der Waals surface area contributed by atoms with Crippen molar-refractivity contribution in [1.29, 1.82) is 0 Å². The molecule has 17 N–H and O–H groups in total. The molecule has 0 saturated carbocycles. The third-order valence-electron chi connectivity index (χ3n) is 11.6. The molecule has 5 rings (SSSR count). The molecule has 28 heteroatoms. The van der Waals surface area contributed by atoms with Crippen LogP contribution < -0.4 is 5.32 Å². The van der Waals surface area contributed by atoms with E-state index in [1.807, 2.05) is 0 Å². The molecule has 5 saturated heterocycles. The SMILES string of the molecule is CC(=O)N[C@@H]1[C@@H](O[C@@H]2O[C@H](CO)[C@H](O)[C@H](O[C@]3(C(=O)O)C[C@H](O[C@@H]4O[C@@H](C)[C@@H](O)[C@@H](O)[C@@H]4O)[C@@H](O[C@@H]4O[C@@H](C)[C@@H](O)[C@@H](O)[C@@H]4O)[C@H]([C@H](O)[C@H](O)CO)O3)[C@H]2O)[C@@H](O)[C@@H](CO)O[C@@H]1O. The highest BCUT2D eigenvalue weighted by atomic mass is 16.8. The second kappa shape index (κ2) is 21.3. The van der Waals surface area contributed by atoms with Crippen LogP contribution in [-0.2, 0) is 52.2 Å². The predicted molar refractivity (Wildman–Crippen MR) is 192 cm³/mol. The first-order valence-corrected chi connectivity index (χ1v) is 20.0. The lowest BCUT2D eigenvalue weighted by Crippen LogP contribution is -2.71. The van der Waals surface area contributed by atoms with E-state index in [0.29, 0.717) is 0 Å². The number of hydrogen-bond donors (Lipinski definition) is 17. The topological polar surface area (TPSA) is 453 Å². The normalized spacial score (nSPS) is 49.5. The van der Waals surface area contributed by atoms with E-state index in [-0.39, 0.29) is 0 Å². The summed E-state index contributed by atoms with van der Waals surface area (Å²) < 4.78 is 51.1. The molecule has 28 nitrogen and oxygen atoms in total. The fourth-order valence-corrected chi connectivity index (χ4v) is 7.97. The lowest BCUT2D eigenvalue weighted by atomic mass is 9.89. The van der Waals surface area contributed by atoms with Crippen LogP contribution in [0.5, 0.6) is 0 Å². The first kappa shape index (κ1) is 52.0. The van der Waals surface area contributed by atoms with Crippen molar-refractivity contribution in [3.05, 3.63) is 0 Å². The number of carboxylic acid groups (broad SMARTS) is 1. The van der Waals surface area contributed by atoms with Crippen molar-refractivity contribution in [2.24, 2.45) is 0 Å². The average molecular weight is 926 g/mol. The molecule has 63 heavy (non-hydrogen) atoms. The molecular weight excluding hydrogens is 866 g/mol. The van der Waals surface area contributed by atoms with Gasteiger partial charge in [0.2, 0.25) is 5.91 Å². The first-order valence-electron chi connectivity index (χ1n) is 20.0. The number of hydrogen-bond acceptors (Lipinski definition) is 26. The molecule has 366 valence electrons.